The van der Waals surface area contributed by atoms with Gasteiger partial charge in [-0.15, -0.1) is 0 Å². The third kappa shape index (κ3) is 2.08. The fourth-order valence-corrected chi connectivity index (χ4v) is 1.78. The Morgan fingerprint density at radius 1 is 1.32 bits per heavy atom. The number of benzene rings is 1. The second-order valence-corrected chi connectivity index (χ2v) is 4.11. The number of pyridine rings is 1. The van der Waals surface area contributed by atoms with Crippen LogP contribution in [0.2, 0.25) is 0 Å². The number of nitrogens with two attached hydrogens (primary N) is 1. The number of imidazole rings is 1. The predicted octanol–water partition coefficient (Wildman–Crippen LogP) is 2.78. The lowest BCUT2D eigenvalue weighted by Crippen LogP contribution is -1.92. The number of hydrogen-bond acceptors (Lipinski definition) is 4. The van der Waals surface area contributed by atoms with Gasteiger partial charge in [0.1, 0.15) is 17.4 Å². The van der Waals surface area contributed by atoms with Gasteiger partial charge in [0.2, 0.25) is 0 Å². The highest BCUT2D eigenvalue weighted by atomic mass is 19.1. The lowest BCUT2D eigenvalue weighted by Gasteiger charge is -2.06. The fourth-order valence-electron chi connectivity index (χ4n) is 1.78. The second kappa shape index (κ2) is 4.24. The van der Waals surface area contributed by atoms with Crippen molar-refractivity contribution in [3.8, 4) is 11.5 Å². The summed E-state index contributed by atoms with van der Waals surface area (Å²) in [5.74, 6) is 1.10. The first-order valence-electron chi connectivity index (χ1n) is 5.67. The number of ether oxygens (including phenoxy) is 1. The maximum atomic E-state index is 13.4. The van der Waals surface area contributed by atoms with E-state index in [1.807, 2.05) is 6.92 Å². The number of aryl methyl sites for hydroxylation is 1. The van der Waals surface area contributed by atoms with Crippen LogP contribution in [0.25, 0.3) is 11.2 Å². The van der Waals surface area contributed by atoms with Crippen molar-refractivity contribution in [1.29, 1.82) is 0 Å². The van der Waals surface area contributed by atoms with Gasteiger partial charge in [-0.1, -0.05) is 0 Å². The number of rotatable bonds is 2. The monoisotopic (exact) mass is 258 g/mol. The molecular weight excluding hydrogens is 247 g/mol. The van der Waals surface area contributed by atoms with Crippen molar-refractivity contribution in [2.24, 2.45) is 0 Å². The molecule has 96 valence electrons. The first kappa shape index (κ1) is 11.5. The van der Waals surface area contributed by atoms with Crippen LogP contribution in [0.5, 0.6) is 11.5 Å². The highest BCUT2D eigenvalue weighted by Crippen LogP contribution is 2.28. The third-order valence-electron chi connectivity index (χ3n) is 2.67. The molecule has 0 radical (unpaired) electrons. The lowest BCUT2D eigenvalue weighted by atomic mass is 10.3. The molecule has 2 aromatic heterocycles. The molecule has 0 bridgehead atoms. The molecule has 6 heteroatoms. The molecule has 3 aromatic rings. The average molecular weight is 258 g/mol. The average Bonchev–Trinajstić information content (AvgIpc) is 2.75. The Morgan fingerprint density at radius 2 is 2.16 bits per heavy atom. The van der Waals surface area contributed by atoms with E-state index < -0.39 is 5.82 Å². The van der Waals surface area contributed by atoms with Gasteiger partial charge >= 0.3 is 0 Å². The minimum atomic E-state index is -0.513. The van der Waals surface area contributed by atoms with Crippen LogP contribution in [-0.4, -0.2) is 15.0 Å². The first-order valence-corrected chi connectivity index (χ1v) is 5.67. The number of aromatic nitrogens is 3. The number of anilines is 1. The molecule has 0 fully saturated rings. The van der Waals surface area contributed by atoms with E-state index in [4.69, 9.17) is 10.5 Å². The summed E-state index contributed by atoms with van der Waals surface area (Å²) >= 11 is 0. The van der Waals surface area contributed by atoms with Crippen LogP contribution < -0.4 is 10.5 Å². The molecule has 0 saturated heterocycles. The molecule has 0 atom stereocenters. The van der Waals surface area contributed by atoms with Crippen molar-refractivity contribution in [3.63, 3.8) is 0 Å². The van der Waals surface area contributed by atoms with E-state index in [0.717, 1.165) is 5.82 Å². The summed E-state index contributed by atoms with van der Waals surface area (Å²) in [5.41, 5.74) is 6.74. The Balaban J connectivity index is 2.02. The number of aromatic amines is 1. The van der Waals surface area contributed by atoms with Crippen LogP contribution in [-0.2, 0) is 0 Å². The molecule has 0 unspecified atom stereocenters. The smallest absolute Gasteiger partial charge is 0.161 e. The lowest BCUT2D eigenvalue weighted by molar-refractivity contribution is 0.481. The van der Waals surface area contributed by atoms with Gasteiger partial charge in [0.25, 0.3) is 0 Å². The standard InChI is InChI=1S/C13H11FN4O/c1-7-17-12-11(4-5-16-13(12)18-7)19-8-2-3-10(15)9(14)6-8/h2-6H,15H2,1H3,(H,16,17,18). The van der Waals surface area contributed by atoms with Crippen molar-refractivity contribution >= 4 is 16.9 Å². The number of fused-ring (bicyclic) bond motifs is 1. The van der Waals surface area contributed by atoms with Gasteiger partial charge in [-0.05, 0) is 19.1 Å². The SMILES string of the molecule is Cc1nc2c(Oc3ccc(N)c(F)c3)ccnc2[nH]1. The van der Waals surface area contributed by atoms with Crippen molar-refractivity contribution in [1.82, 2.24) is 15.0 Å². The number of H-pyrrole nitrogens is 1. The van der Waals surface area contributed by atoms with Crippen molar-refractivity contribution in [2.45, 2.75) is 6.92 Å². The van der Waals surface area contributed by atoms with Crippen molar-refractivity contribution in [2.75, 3.05) is 5.73 Å². The largest absolute Gasteiger partial charge is 0.455 e. The second-order valence-electron chi connectivity index (χ2n) is 4.11. The van der Waals surface area contributed by atoms with Gasteiger partial charge in [0.05, 0.1) is 5.69 Å². The van der Waals surface area contributed by atoms with Gasteiger partial charge in [0, 0.05) is 18.3 Å². The predicted molar refractivity (Wildman–Crippen MR) is 69.5 cm³/mol. The molecule has 0 saturated carbocycles. The summed E-state index contributed by atoms with van der Waals surface area (Å²) in [5, 5.41) is 0. The van der Waals surface area contributed by atoms with E-state index in [-0.39, 0.29) is 5.69 Å². The molecule has 3 rings (SSSR count). The summed E-state index contributed by atoms with van der Waals surface area (Å²) in [6.45, 7) is 1.83. The van der Waals surface area contributed by atoms with Gasteiger partial charge in [-0.2, -0.15) is 0 Å². The maximum Gasteiger partial charge on any atom is 0.161 e. The van der Waals surface area contributed by atoms with Gasteiger partial charge in [-0.25, -0.2) is 14.4 Å². The maximum absolute atomic E-state index is 13.4. The number of hydrogen-bond donors (Lipinski definition) is 2. The summed E-state index contributed by atoms with van der Waals surface area (Å²) in [6, 6.07) is 5.97. The Labute approximate surface area is 108 Å². The van der Waals surface area contributed by atoms with E-state index in [2.05, 4.69) is 15.0 Å². The van der Waals surface area contributed by atoms with Gasteiger partial charge in [-0.3, -0.25) is 0 Å². The van der Waals surface area contributed by atoms with E-state index in [1.54, 1.807) is 18.3 Å². The molecule has 3 N–H and O–H groups in total. The van der Waals surface area contributed by atoms with E-state index >= 15 is 0 Å². The molecule has 0 amide bonds. The first-order chi connectivity index (χ1) is 9.13. The minimum absolute atomic E-state index is 0.0860. The Kier molecular flexibility index (Phi) is 2.56. The summed E-state index contributed by atoms with van der Waals surface area (Å²) in [7, 11) is 0. The van der Waals surface area contributed by atoms with Gasteiger partial charge < -0.3 is 15.5 Å². The molecule has 0 aliphatic carbocycles. The molecular formula is C13H11FN4O. The summed E-state index contributed by atoms with van der Waals surface area (Å²) < 4.78 is 19.0. The normalized spacial score (nSPS) is 10.8. The van der Waals surface area contributed by atoms with Crippen LogP contribution in [0.3, 0.4) is 0 Å². The van der Waals surface area contributed by atoms with Crippen molar-refractivity contribution < 1.29 is 9.13 Å². The van der Waals surface area contributed by atoms with E-state index in [1.165, 1.54) is 12.1 Å². The van der Waals surface area contributed by atoms with Crippen LogP contribution in [0.4, 0.5) is 10.1 Å². The Bertz CT molecular complexity index is 753. The molecule has 19 heavy (non-hydrogen) atoms. The van der Waals surface area contributed by atoms with E-state index in [9.17, 15) is 4.39 Å². The molecule has 2 heterocycles. The van der Waals surface area contributed by atoms with Crippen LogP contribution in [0, 0.1) is 12.7 Å². The number of nitrogens with zero attached hydrogens (tertiary/aromatic N) is 2. The molecule has 0 aliphatic rings. The summed E-state index contributed by atoms with van der Waals surface area (Å²) in [6.07, 6.45) is 1.60. The zero-order valence-corrected chi connectivity index (χ0v) is 10.1. The number of nitrogens with one attached hydrogen (secondary N) is 1. The highest BCUT2D eigenvalue weighted by molar-refractivity contribution is 5.78. The van der Waals surface area contributed by atoms with E-state index in [0.29, 0.717) is 22.7 Å². The molecule has 0 aliphatic heterocycles. The minimum Gasteiger partial charge on any atom is -0.455 e. The van der Waals surface area contributed by atoms with Crippen LogP contribution in [0.1, 0.15) is 5.82 Å². The summed E-state index contributed by atoms with van der Waals surface area (Å²) in [4.78, 5) is 11.4. The topological polar surface area (TPSA) is 76.8 Å². The quantitative estimate of drug-likeness (QED) is 0.693. The zero-order valence-electron chi connectivity index (χ0n) is 10.1. The van der Waals surface area contributed by atoms with Crippen LogP contribution in [0.15, 0.2) is 30.5 Å². The number of halogens is 1. The molecule has 5 nitrogen and oxygen atoms in total. The Hall–Kier alpha value is -2.63. The van der Waals surface area contributed by atoms with Gasteiger partial charge in [0.15, 0.2) is 16.9 Å². The zero-order chi connectivity index (χ0) is 13.4. The third-order valence-corrected chi connectivity index (χ3v) is 2.67. The molecule has 0 spiro atoms. The highest BCUT2D eigenvalue weighted by Gasteiger charge is 2.09. The Morgan fingerprint density at radius 3 is 2.95 bits per heavy atom. The molecule has 1 aromatic carbocycles. The van der Waals surface area contributed by atoms with Crippen molar-refractivity contribution in [3.05, 3.63) is 42.1 Å². The van der Waals surface area contributed by atoms with Crippen LogP contribution >= 0.6 is 0 Å². The number of nitrogen functional groups attached to an aromatic ring is 1. The fraction of sp³-hybridized carbons (Fsp3) is 0.0769.